The quantitative estimate of drug-likeness (QED) is 0.739. The Bertz CT molecular complexity index is 598. The predicted molar refractivity (Wildman–Crippen MR) is 83.1 cm³/mol. The summed E-state index contributed by atoms with van der Waals surface area (Å²) < 4.78 is 15.9. The van der Waals surface area contributed by atoms with Crippen molar-refractivity contribution in [3.05, 3.63) is 39.0 Å². The highest BCUT2D eigenvalue weighted by Crippen LogP contribution is 2.46. The van der Waals surface area contributed by atoms with Gasteiger partial charge in [-0.2, -0.15) is 0 Å². The number of hydrogen-bond donors (Lipinski definition) is 0. The zero-order chi connectivity index (χ0) is 14.7. The molecule has 0 aliphatic carbocycles. The lowest BCUT2D eigenvalue weighted by Gasteiger charge is -2.17. The molecule has 0 aliphatic heterocycles. The van der Waals surface area contributed by atoms with E-state index in [2.05, 4.69) is 0 Å². The average Bonchev–Trinajstić information content (AvgIpc) is 2.94. The maximum atomic E-state index is 6.56. The molecule has 0 radical (unpaired) electrons. The minimum absolute atomic E-state index is 0.400. The molecule has 20 heavy (non-hydrogen) atoms. The third-order valence-electron chi connectivity index (χ3n) is 2.90. The molecule has 1 atom stereocenters. The largest absolute Gasteiger partial charge is 0.496 e. The van der Waals surface area contributed by atoms with E-state index in [0.29, 0.717) is 16.5 Å². The first-order valence-corrected chi connectivity index (χ1v) is 7.49. The average molecular weight is 333 g/mol. The first-order valence-electron chi connectivity index (χ1n) is 5.79. The lowest BCUT2D eigenvalue weighted by atomic mass is 10.1. The summed E-state index contributed by atoms with van der Waals surface area (Å²) in [4.78, 5) is 0.911. The Labute approximate surface area is 132 Å². The number of halogens is 2. The number of alkyl halides is 1. The SMILES string of the molecule is COc1ccsc1C(Cl)c1ccc(OC)c(Cl)c1OC. The Kier molecular flexibility index (Phi) is 5.02. The van der Waals surface area contributed by atoms with Crippen LogP contribution in [0.2, 0.25) is 5.02 Å². The van der Waals surface area contributed by atoms with E-state index in [1.807, 2.05) is 17.5 Å². The smallest absolute Gasteiger partial charge is 0.146 e. The number of methoxy groups -OCH3 is 3. The Morgan fingerprint density at radius 1 is 1.00 bits per heavy atom. The van der Waals surface area contributed by atoms with Crippen molar-refractivity contribution in [2.24, 2.45) is 0 Å². The van der Waals surface area contributed by atoms with Crippen LogP contribution in [-0.4, -0.2) is 21.3 Å². The summed E-state index contributed by atoms with van der Waals surface area (Å²) in [7, 11) is 4.73. The summed E-state index contributed by atoms with van der Waals surface area (Å²) in [5.41, 5.74) is 0.778. The molecule has 0 fully saturated rings. The number of benzene rings is 1. The lowest BCUT2D eigenvalue weighted by molar-refractivity contribution is 0.391. The zero-order valence-corrected chi connectivity index (χ0v) is 13.6. The fourth-order valence-corrected chi connectivity index (χ4v) is 3.53. The summed E-state index contributed by atoms with van der Waals surface area (Å²) in [5.74, 6) is 1.82. The molecule has 0 saturated carbocycles. The molecule has 2 rings (SSSR count). The maximum Gasteiger partial charge on any atom is 0.146 e. The standard InChI is InChI=1S/C14H14Cl2O3S/c1-17-9-5-4-8(13(19-3)12(9)16)11(15)14-10(18-2)6-7-20-14/h4-7,11H,1-3H3. The van der Waals surface area contributed by atoms with Gasteiger partial charge in [0.05, 0.1) is 26.2 Å². The van der Waals surface area contributed by atoms with Crippen LogP contribution < -0.4 is 14.2 Å². The van der Waals surface area contributed by atoms with Gasteiger partial charge in [0.2, 0.25) is 0 Å². The van der Waals surface area contributed by atoms with E-state index < -0.39 is 5.38 Å². The van der Waals surface area contributed by atoms with E-state index >= 15 is 0 Å². The summed E-state index contributed by atoms with van der Waals surface area (Å²) in [6.45, 7) is 0. The molecule has 1 aromatic heterocycles. The summed E-state index contributed by atoms with van der Waals surface area (Å²) >= 11 is 14.3. The first kappa shape index (κ1) is 15.3. The highest BCUT2D eigenvalue weighted by molar-refractivity contribution is 7.10. The first-order chi connectivity index (χ1) is 9.63. The van der Waals surface area contributed by atoms with E-state index in [9.17, 15) is 0 Å². The second kappa shape index (κ2) is 6.57. The van der Waals surface area contributed by atoms with Crippen LogP contribution in [0.15, 0.2) is 23.6 Å². The molecule has 0 saturated heterocycles. The normalized spacial score (nSPS) is 12.1. The predicted octanol–water partition coefficient (Wildman–Crippen LogP) is 4.76. The molecular weight excluding hydrogens is 319 g/mol. The minimum atomic E-state index is -0.400. The van der Waals surface area contributed by atoms with Crippen molar-refractivity contribution in [1.82, 2.24) is 0 Å². The van der Waals surface area contributed by atoms with Crippen LogP contribution in [0.25, 0.3) is 0 Å². The van der Waals surface area contributed by atoms with Crippen LogP contribution in [0.1, 0.15) is 15.8 Å². The Morgan fingerprint density at radius 2 is 1.70 bits per heavy atom. The van der Waals surface area contributed by atoms with E-state index in [1.165, 1.54) is 11.3 Å². The second-order valence-corrected chi connectivity index (χ2v) is 5.68. The van der Waals surface area contributed by atoms with Crippen LogP contribution in [0.5, 0.6) is 17.2 Å². The van der Waals surface area contributed by atoms with Gasteiger partial charge in [0.1, 0.15) is 27.6 Å². The lowest BCUT2D eigenvalue weighted by Crippen LogP contribution is -1.99. The van der Waals surface area contributed by atoms with Gasteiger partial charge in [0, 0.05) is 5.56 Å². The summed E-state index contributed by atoms with van der Waals surface area (Å²) in [6.07, 6.45) is 0. The van der Waals surface area contributed by atoms with E-state index in [1.54, 1.807) is 27.4 Å². The Hall–Kier alpha value is -1.10. The summed E-state index contributed by atoms with van der Waals surface area (Å²) in [6, 6.07) is 5.50. The van der Waals surface area contributed by atoms with Crippen molar-refractivity contribution in [2.75, 3.05) is 21.3 Å². The van der Waals surface area contributed by atoms with Gasteiger partial charge in [0.25, 0.3) is 0 Å². The number of hydrogen-bond acceptors (Lipinski definition) is 4. The third kappa shape index (κ3) is 2.68. The van der Waals surface area contributed by atoms with Gasteiger partial charge >= 0.3 is 0 Å². The van der Waals surface area contributed by atoms with Crippen LogP contribution in [0.4, 0.5) is 0 Å². The molecule has 1 aromatic carbocycles. The van der Waals surface area contributed by atoms with Crippen molar-refractivity contribution in [2.45, 2.75) is 5.38 Å². The summed E-state index contributed by atoms with van der Waals surface area (Å²) in [5, 5.41) is 1.94. The molecule has 0 spiro atoms. The molecule has 108 valence electrons. The fourth-order valence-electron chi connectivity index (χ4n) is 1.92. The topological polar surface area (TPSA) is 27.7 Å². The van der Waals surface area contributed by atoms with Gasteiger partial charge in [-0.3, -0.25) is 0 Å². The number of ether oxygens (including phenoxy) is 3. The van der Waals surface area contributed by atoms with Crippen LogP contribution in [-0.2, 0) is 0 Å². The number of thiophene rings is 1. The van der Waals surface area contributed by atoms with Gasteiger partial charge in [-0.1, -0.05) is 11.6 Å². The zero-order valence-electron chi connectivity index (χ0n) is 11.3. The second-order valence-electron chi connectivity index (χ2n) is 3.92. The van der Waals surface area contributed by atoms with Gasteiger partial charge in [0.15, 0.2) is 0 Å². The van der Waals surface area contributed by atoms with E-state index in [-0.39, 0.29) is 0 Å². The Morgan fingerprint density at radius 3 is 2.30 bits per heavy atom. The van der Waals surface area contributed by atoms with Crippen LogP contribution in [0, 0.1) is 0 Å². The molecule has 1 unspecified atom stereocenters. The highest BCUT2D eigenvalue weighted by Gasteiger charge is 2.23. The fraction of sp³-hybridized carbons (Fsp3) is 0.286. The molecule has 6 heteroatoms. The van der Waals surface area contributed by atoms with Crippen molar-refractivity contribution < 1.29 is 14.2 Å². The molecule has 0 aliphatic rings. The van der Waals surface area contributed by atoms with E-state index in [0.717, 1.165) is 16.2 Å². The van der Waals surface area contributed by atoms with Gasteiger partial charge in [-0.05, 0) is 23.6 Å². The van der Waals surface area contributed by atoms with Crippen molar-refractivity contribution in [3.8, 4) is 17.2 Å². The van der Waals surface area contributed by atoms with Gasteiger partial charge in [-0.15, -0.1) is 22.9 Å². The van der Waals surface area contributed by atoms with Crippen molar-refractivity contribution in [1.29, 1.82) is 0 Å². The van der Waals surface area contributed by atoms with Gasteiger partial charge < -0.3 is 14.2 Å². The monoisotopic (exact) mass is 332 g/mol. The van der Waals surface area contributed by atoms with Crippen molar-refractivity contribution >= 4 is 34.5 Å². The molecule has 0 amide bonds. The van der Waals surface area contributed by atoms with Crippen molar-refractivity contribution in [3.63, 3.8) is 0 Å². The maximum absolute atomic E-state index is 6.56. The van der Waals surface area contributed by atoms with Crippen LogP contribution >= 0.6 is 34.5 Å². The number of rotatable bonds is 5. The molecule has 0 N–H and O–H groups in total. The Balaban J connectivity index is 2.49. The molecular formula is C14H14Cl2O3S. The highest BCUT2D eigenvalue weighted by atomic mass is 35.5. The van der Waals surface area contributed by atoms with Crippen LogP contribution in [0.3, 0.4) is 0 Å². The minimum Gasteiger partial charge on any atom is -0.496 e. The van der Waals surface area contributed by atoms with E-state index in [4.69, 9.17) is 37.4 Å². The molecule has 3 nitrogen and oxygen atoms in total. The molecule has 0 bridgehead atoms. The third-order valence-corrected chi connectivity index (χ3v) is 4.80. The molecule has 2 aromatic rings. The molecule has 1 heterocycles. The van der Waals surface area contributed by atoms with Gasteiger partial charge in [-0.25, -0.2) is 0 Å².